The maximum absolute atomic E-state index is 13.1. The average molecular weight is 350 g/mol. The van der Waals surface area contributed by atoms with Crippen LogP contribution in [-0.4, -0.2) is 29.8 Å². The summed E-state index contributed by atoms with van der Waals surface area (Å²) in [4.78, 5) is 28.7. The maximum atomic E-state index is 13.1. The molecular weight excluding hydrogens is 324 g/mol. The van der Waals surface area contributed by atoms with Crippen LogP contribution in [0.1, 0.15) is 46.8 Å². The van der Waals surface area contributed by atoms with Crippen molar-refractivity contribution in [2.45, 2.75) is 40.2 Å². The maximum Gasteiger partial charge on any atom is 0.258 e. The van der Waals surface area contributed by atoms with Crippen LogP contribution in [0.4, 0.5) is 5.69 Å². The Kier molecular flexibility index (Phi) is 5.40. The molecule has 4 heteroatoms. The minimum atomic E-state index is -0.00389. The number of likely N-dealkylation sites (tertiary alicyclic amines) is 1. The molecule has 0 N–H and O–H groups in total. The van der Waals surface area contributed by atoms with Gasteiger partial charge in [0, 0.05) is 37.3 Å². The first kappa shape index (κ1) is 18.2. The van der Waals surface area contributed by atoms with E-state index in [2.05, 4.69) is 18.2 Å². The molecule has 0 aromatic heterocycles. The molecular formula is C22H26N2O2. The van der Waals surface area contributed by atoms with Crippen molar-refractivity contribution < 1.29 is 9.59 Å². The Hall–Kier alpha value is -2.62. The van der Waals surface area contributed by atoms with E-state index in [4.69, 9.17) is 0 Å². The quantitative estimate of drug-likeness (QED) is 0.815. The van der Waals surface area contributed by atoms with Crippen LogP contribution >= 0.6 is 0 Å². The molecule has 0 radical (unpaired) electrons. The zero-order chi connectivity index (χ0) is 18.7. The van der Waals surface area contributed by atoms with Crippen molar-refractivity contribution in [1.82, 2.24) is 4.90 Å². The number of hydrogen-bond donors (Lipinski definition) is 0. The molecule has 26 heavy (non-hydrogen) atoms. The summed E-state index contributed by atoms with van der Waals surface area (Å²) in [5, 5.41) is 0. The number of aryl methyl sites for hydroxylation is 2. The molecule has 0 spiro atoms. The largest absolute Gasteiger partial charge is 0.338 e. The van der Waals surface area contributed by atoms with Crippen molar-refractivity contribution >= 4 is 17.5 Å². The van der Waals surface area contributed by atoms with Crippen LogP contribution in [0.15, 0.2) is 42.5 Å². The summed E-state index contributed by atoms with van der Waals surface area (Å²) in [5.41, 5.74) is 4.85. The fourth-order valence-electron chi connectivity index (χ4n) is 3.48. The first-order valence-corrected chi connectivity index (χ1v) is 9.25. The smallest absolute Gasteiger partial charge is 0.258 e. The second-order valence-electron chi connectivity index (χ2n) is 6.96. The molecule has 0 bridgehead atoms. The van der Waals surface area contributed by atoms with E-state index in [0.717, 1.165) is 35.3 Å². The fourth-order valence-corrected chi connectivity index (χ4v) is 3.48. The molecule has 136 valence electrons. The molecule has 0 atom stereocenters. The standard InChI is InChI=1S/C22H26N2O2/c1-4-24(20-13-16(2)10-11-17(20)3)22(26)19-8-5-7-18(14-19)15-23-12-6-9-21(23)25/h5,7-8,10-11,13-14H,4,6,9,12,15H2,1-3H3. The Balaban J connectivity index is 1.85. The summed E-state index contributed by atoms with van der Waals surface area (Å²) >= 11 is 0. The number of nitrogens with zero attached hydrogens (tertiary/aromatic N) is 2. The van der Waals surface area contributed by atoms with Gasteiger partial charge in [-0.1, -0.05) is 24.3 Å². The zero-order valence-corrected chi connectivity index (χ0v) is 15.8. The van der Waals surface area contributed by atoms with E-state index < -0.39 is 0 Å². The van der Waals surface area contributed by atoms with Crippen molar-refractivity contribution in [2.24, 2.45) is 0 Å². The highest BCUT2D eigenvalue weighted by Gasteiger charge is 2.21. The normalized spacial score (nSPS) is 14.0. The lowest BCUT2D eigenvalue weighted by Crippen LogP contribution is -2.31. The molecule has 2 aromatic rings. The predicted molar refractivity (Wildman–Crippen MR) is 104 cm³/mol. The van der Waals surface area contributed by atoms with Gasteiger partial charge in [0.15, 0.2) is 0 Å². The van der Waals surface area contributed by atoms with E-state index in [1.807, 2.05) is 54.8 Å². The van der Waals surface area contributed by atoms with Gasteiger partial charge in [0.25, 0.3) is 5.91 Å². The Morgan fingerprint density at radius 3 is 2.65 bits per heavy atom. The lowest BCUT2D eigenvalue weighted by molar-refractivity contribution is -0.128. The van der Waals surface area contributed by atoms with Crippen LogP contribution < -0.4 is 4.90 Å². The highest BCUT2D eigenvalue weighted by Crippen LogP contribution is 2.24. The van der Waals surface area contributed by atoms with Gasteiger partial charge in [-0.05, 0) is 62.1 Å². The monoisotopic (exact) mass is 350 g/mol. The third kappa shape index (κ3) is 3.79. The number of anilines is 1. The van der Waals surface area contributed by atoms with Gasteiger partial charge in [0.2, 0.25) is 5.91 Å². The van der Waals surface area contributed by atoms with E-state index in [1.54, 1.807) is 0 Å². The second-order valence-corrected chi connectivity index (χ2v) is 6.96. The van der Waals surface area contributed by atoms with Crippen LogP contribution in [0.5, 0.6) is 0 Å². The van der Waals surface area contributed by atoms with Crippen LogP contribution in [0.2, 0.25) is 0 Å². The van der Waals surface area contributed by atoms with Gasteiger partial charge in [0.05, 0.1) is 0 Å². The molecule has 2 amide bonds. The van der Waals surface area contributed by atoms with Gasteiger partial charge in [-0.2, -0.15) is 0 Å². The van der Waals surface area contributed by atoms with Crippen molar-refractivity contribution in [3.63, 3.8) is 0 Å². The lowest BCUT2D eigenvalue weighted by atomic mass is 10.1. The summed E-state index contributed by atoms with van der Waals surface area (Å²) < 4.78 is 0. The van der Waals surface area contributed by atoms with Gasteiger partial charge in [-0.15, -0.1) is 0 Å². The summed E-state index contributed by atoms with van der Waals surface area (Å²) in [5.74, 6) is 0.197. The Bertz CT molecular complexity index is 829. The second kappa shape index (κ2) is 7.73. The predicted octanol–water partition coefficient (Wildman–Crippen LogP) is 4.09. The zero-order valence-electron chi connectivity index (χ0n) is 15.8. The topological polar surface area (TPSA) is 40.6 Å². The van der Waals surface area contributed by atoms with E-state index in [9.17, 15) is 9.59 Å². The minimum Gasteiger partial charge on any atom is -0.338 e. The molecule has 0 saturated carbocycles. The van der Waals surface area contributed by atoms with Crippen molar-refractivity contribution in [3.05, 3.63) is 64.7 Å². The van der Waals surface area contributed by atoms with Crippen LogP contribution in [0, 0.1) is 13.8 Å². The van der Waals surface area contributed by atoms with Crippen molar-refractivity contribution in [3.8, 4) is 0 Å². The number of benzene rings is 2. The van der Waals surface area contributed by atoms with Gasteiger partial charge in [-0.25, -0.2) is 0 Å². The number of rotatable bonds is 5. The number of hydrogen-bond acceptors (Lipinski definition) is 2. The summed E-state index contributed by atoms with van der Waals surface area (Å²) in [6, 6.07) is 13.8. The number of amides is 2. The number of carbonyl (C=O) groups excluding carboxylic acids is 2. The molecule has 1 fully saturated rings. The third-order valence-corrected chi connectivity index (χ3v) is 4.94. The Morgan fingerprint density at radius 1 is 1.15 bits per heavy atom. The molecule has 1 heterocycles. The molecule has 0 unspecified atom stereocenters. The van der Waals surface area contributed by atoms with Gasteiger partial charge >= 0.3 is 0 Å². The van der Waals surface area contributed by atoms with E-state index in [1.165, 1.54) is 0 Å². The van der Waals surface area contributed by atoms with Gasteiger partial charge < -0.3 is 9.80 Å². The first-order chi connectivity index (χ1) is 12.5. The van der Waals surface area contributed by atoms with Gasteiger partial charge in [0.1, 0.15) is 0 Å². The van der Waals surface area contributed by atoms with Crippen molar-refractivity contribution in [1.29, 1.82) is 0 Å². The molecule has 1 saturated heterocycles. The van der Waals surface area contributed by atoms with E-state index >= 15 is 0 Å². The highest BCUT2D eigenvalue weighted by molar-refractivity contribution is 6.06. The molecule has 4 nitrogen and oxygen atoms in total. The minimum absolute atomic E-state index is 0.00389. The van der Waals surface area contributed by atoms with E-state index in [0.29, 0.717) is 25.1 Å². The summed E-state index contributed by atoms with van der Waals surface area (Å²) in [7, 11) is 0. The summed E-state index contributed by atoms with van der Waals surface area (Å²) in [6.07, 6.45) is 1.56. The van der Waals surface area contributed by atoms with Crippen molar-refractivity contribution in [2.75, 3.05) is 18.0 Å². The van der Waals surface area contributed by atoms with Gasteiger partial charge in [-0.3, -0.25) is 9.59 Å². The highest BCUT2D eigenvalue weighted by atomic mass is 16.2. The third-order valence-electron chi connectivity index (χ3n) is 4.94. The van der Waals surface area contributed by atoms with Crippen LogP contribution in [-0.2, 0) is 11.3 Å². The average Bonchev–Trinajstić information content (AvgIpc) is 3.03. The fraction of sp³-hybridized carbons (Fsp3) is 0.364. The molecule has 1 aliphatic rings. The van der Waals surface area contributed by atoms with Crippen LogP contribution in [0.3, 0.4) is 0 Å². The first-order valence-electron chi connectivity index (χ1n) is 9.25. The Morgan fingerprint density at radius 2 is 1.96 bits per heavy atom. The Labute approximate surface area is 155 Å². The lowest BCUT2D eigenvalue weighted by Gasteiger charge is -2.24. The van der Waals surface area contributed by atoms with Crippen LogP contribution in [0.25, 0.3) is 0 Å². The molecule has 0 aliphatic carbocycles. The van der Waals surface area contributed by atoms with E-state index in [-0.39, 0.29) is 11.8 Å². The molecule has 1 aliphatic heterocycles. The SMILES string of the molecule is CCN(C(=O)c1cccc(CN2CCCC2=O)c1)c1cc(C)ccc1C. The summed E-state index contributed by atoms with van der Waals surface area (Å²) in [6.45, 7) is 8.05. The molecule has 3 rings (SSSR count). The number of carbonyl (C=O) groups is 2. The molecule has 2 aromatic carbocycles.